The second-order valence-corrected chi connectivity index (χ2v) is 8.30. The molecule has 0 aromatic heterocycles. The molecule has 156 valence electrons. The molecule has 0 N–H and O–H groups in total. The van der Waals surface area contributed by atoms with Gasteiger partial charge in [-0.2, -0.15) is 0 Å². The fourth-order valence-corrected chi connectivity index (χ4v) is 3.65. The highest BCUT2D eigenvalue weighted by atomic mass is 35.5. The lowest BCUT2D eigenvalue weighted by molar-refractivity contribution is 0.300. The van der Waals surface area contributed by atoms with Crippen molar-refractivity contribution in [1.29, 1.82) is 0 Å². The van der Waals surface area contributed by atoms with Gasteiger partial charge in [0.2, 0.25) is 0 Å². The van der Waals surface area contributed by atoms with E-state index in [1.165, 1.54) is 25.7 Å². The highest BCUT2D eigenvalue weighted by Gasteiger charge is 2.12. The zero-order valence-electron chi connectivity index (χ0n) is 17.9. The number of ether oxygens (including phenoxy) is 2. The van der Waals surface area contributed by atoms with Crippen LogP contribution in [0.1, 0.15) is 77.2 Å². The van der Waals surface area contributed by atoms with E-state index in [9.17, 15) is 0 Å². The van der Waals surface area contributed by atoms with Crippen LogP contribution in [0.3, 0.4) is 0 Å². The molecule has 0 aliphatic carbocycles. The number of aryl methyl sites for hydroxylation is 1. The zero-order chi connectivity index (χ0) is 20.2. The first-order valence-electron chi connectivity index (χ1n) is 11.1. The molecule has 0 saturated heterocycles. The summed E-state index contributed by atoms with van der Waals surface area (Å²) >= 11 is 6.20. The molecular weight excluding hydrogens is 368 g/mol. The molecule has 0 bridgehead atoms. The first-order valence-corrected chi connectivity index (χ1v) is 11.5. The third kappa shape index (κ3) is 7.20. The number of benzene rings is 2. The second-order valence-electron chi connectivity index (χ2n) is 7.68. The molecule has 3 heteroatoms. The molecule has 0 fully saturated rings. The summed E-state index contributed by atoms with van der Waals surface area (Å²) in [7, 11) is 0. The minimum Gasteiger partial charge on any atom is -0.493 e. The summed E-state index contributed by atoms with van der Waals surface area (Å²) in [5.74, 6) is 1.97. The summed E-state index contributed by atoms with van der Waals surface area (Å²) in [6.45, 7) is 8.01. The molecule has 2 nitrogen and oxygen atoms in total. The van der Waals surface area contributed by atoms with E-state index < -0.39 is 0 Å². The quantitative estimate of drug-likeness (QED) is 0.234. The van der Waals surface area contributed by atoms with Crippen LogP contribution in [0.2, 0.25) is 0 Å². The Kier molecular flexibility index (Phi) is 10.6. The summed E-state index contributed by atoms with van der Waals surface area (Å²) in [4.78, 5) is 0. The fourth-order valence-electron chi connectivity index (χ4n) is 3.49. The minimum atomic E-state index is 0.293. The molecule has 0 saturated carbocycles. The number of halogens is 1. The van der Waals surface area contributed by atoms with Crippen molar-refractivity contribution < 1.29 is 9.47 Å². The second kappa shape index (κ2) is 12.9. The maximum absolute atomic E-state index is 6.20. The van der Waals surface area contributed by atoms with Crippen LogP contribution in [-0.4, -0.2) is 18.6 Å². The van der Waals surface area contributed by atoms with Gasteiger partial charge in [-0.3, -0.25) is 0 Å². The molecule has 0 heterocycles. The number of hydrogen-bond acceptors (Lipinski definition) is 2. The van der Waals surface area contributed by atoms with E-state index >= 15 is 0 Å². The SMILES string of the molecule is CCCCCCCOc1c(C)cc(OCCCCC(Cl)CC)c2ccccc12. The van der Waals surface area contributed by atoms with E-state index in [1.54, 1.807) is 0 Å². The Morgan fingerprint density at radius 1 is 0.857 bits per heavy atom. The highest BCUT2D eigenvalue weighted by molar-refractivity contribution is 6.20. The van der Waals surface area contributed by atoms with Crippen molar-refractivity contribution in [2.75, 3.05) is 13.2 Å². The van der Waals surface area contributed by atoms with Gasteiger partial charge in [-0.1, -0.05) is 63.8 Å². The fraction of sp³-hybridized carbons (Fsp3) is 0.600. The van der Waals surface area contributed by atoms with Gasteiger partial charge in [-0.25, -0.2) is 0 Å². The summed E-state index contributed by atoms with van der Waals surface area (Å²) in [6, 6.07) is 10.5. The Hall–Kier alpha value is -1.41. The van der Waals surface area contributed by atoms with Gasteiger partial charge in [-0.05, 0) is 50.7 Å². The predicted molar refractivity (Wildman–Crippen MR) is 122 cm³/mol. The van der Waals surface area contributed by atoms with Crippen LogP contribution in [0, 0.1) is 6.92 Å². The normalized spacial score (nSPS) is 12.3. The Morgan fingerprint density at radius 2 is 1.54 bits per heavy atom. The smallest absolute Gasteiger partial charge is 0.130 e. The molecule has 0 spiro atoms. The van der Waals surface area contributed by atoms with Crippen molar-refractivity contribution >= 4 is 22.4 Å². The number of unbranched alkanes of at least 4 members (excludes halogenated alkanes) is 5. The molecule has 0 radical (unpaired) electrons. The molecule has 1 unspecified atom stereocenters. The minimum absolute atomic E-state index is 0.293. The van der Waals surface area contributed by atoms with Gasteiger partial charge < -0.3 is 9.47 Å². The van der Waals surface area contributed by atoms with Crippen molar-refractivity contribution in [3.8, 4) is 11.5 Å². The Morgan fingerprint density at radius 3 is 2.29 bits per heavy atom. The average molecular weight is 405 g/mol. The van der Waals surface area contributed by atoms with E-state index in [0.29, 0.717) is 5.38 Å². The lowest BCUT2D eigenvalue weighted by atomic mass is 10.0. The van der Waals surface area contributed by atoms with Gasteiger partial charge in [0.25, 0.3) is 0 Å². The van der Waals surface area contributed by atoms with Crippen molar-refractivity contribution in [2.45, 2.75) is 83.9 Å². The van der Waals surface area contributed by atoms with Crippen molar-refractivity contribution in [2.24, 2.45) is 0 Å². The average Bonchev–Trinajstić information content (AvgIpc) is 2.71. The molecule has 2 aromatic carbocycles. The molecule has 0 aliphatic rings. The zero-order valence-corrected chi connectivity index (χ0v) is 18.7. The van der Waals surface area contributed by atoms with Crippen LogP contribution < -0.4 is 9.47 Å². The molecule has 2 rings (SSSR count). The van der Waals surface area contributed by atoms with Crippen LogP contribution in [0.15, 0.2) is 30.3 Å². The molecule has 0 amide bonds. The van der Waals surface area contributed by atoms with Gasteiger partial charge in [0.1, 0.15) is 11.5 Å². The lowest BCUT2D eigenvalue weighted by Gasteiger charge is -2.16. The van der Waals surface area contributed by atoms with Gasteiger partial charge in [-0.15, -0.1) is 11.6 Å². The van der Waals surface area contributed by atoms with Crippen molar-refractivity contribution in [3.05, 3.63) is 35.9 Å². The number of hydrogen-bond donors (Lipinski definition) is 0. The Bertz CT molecular complexity index is 698. The molecule has 28 heavy (non-hydrogen) atoms. The van der Waals surface area contributed by atoms with E-state index in [-0.39, 0.29) is 0 Å². The van der Waals surface area contributed by atoms with Crippen molar-refractivity contribution in [3.63, 3.8) is 0 Å². The van der Waals surface area contributed by atoms with Crippen LogP contribution in [0.25, 0.3) is 10.8 Å². The van der Waals surface area contributed by atoms with Gasteiger partial charge in [0, 0.05) is 16.1 Å². The summed E-state index contributed by atoms with van der Waals surface area (Å²) in [5, 5.41) is 2.58. The Labute approximate surface area is 176 Å². The summed E-state index contributed by atoms with van der Waals surface area (Å²) in [6.07, 6.45) is 10.5. The van der Waals surface area contributed by atoms with Crippen LogP contribution in [0.5, 0.6) is 11.5 Å². The van der Waals surface area contributed by atoms with Gasteiger partial charge >= 0.3 is 0 Å². The molecular formula is C25H37ClO2. The maximum atomic E-state index is 6.20. The lowest BCUT2D eigenvalue weighted by Crippen LogP contribution is -2.03. The van der Waals surface area contributed by atoms with Crippen LogP contribution >= 0.6 is 11.6 Å². The van der Waals surface area contributed by atoms with E-state index in [1.807, 2.05) is 0 Å². The standard InChI is InChI=1S/C25H37ClO2/c1-4-6-7-8-12-18-28-25-20(3)19-24(22-15-9-10-16-23(22)25)27-17-13-11-14-21(26)5-2/h9-10,15-16,19,21H,4-8,11-14,17-18H2,1-3H3. The van der Waals surface area contributed by atoms with E-state index in [4.69, 9.17) is 21.1 Å². The predicted octanol–water partition coefficient (Wildman–Crippen LogP) is 8.06. The highest BCUT2D eigenvalue weighted by Crippen LogP contribution is 2.36. The number of rotatable bonds is 14. The summed E-state index contributed by atoms with van der Waals surface area (Å²) < 4.78 is 12.3. The van der Waals surface area contributed by atoms with E-state index in [2.05, 4.69) is 51.1 Å². The molecule has 2 aromatic rings. The first kappa shape index (κ1) is 22.9. The number of fused-ring (bicyclic) bond motifs is 1. The molecule has 1 atom stereocenters. The summed E-state index contributed by atoms with van der Waals surface area (Å²) in [5.41, 5.74) is 1.15. The Balaban J connectivity index is 1.97. The topological polar surface area (TPSA) is 18.5 Å². The third-order valence-electron chi connectivity index (χ3n) is 5.25. The van der Waals surface area contributed by atoms with Crippen LogP contribution in [-0.2, 0) is 0 Å². The maximum Gasteiger partial charge on any atom is 0.130 e. The third-order valence-corrected chi connectivity index (χ3v) is 5.78. The first-order chi connectivity index (χ1) is 13.7. The molecule has 0 aliphatic heterocycles. The van der Waals surface area contributed by atoms with Gasteiger partial charge in [0.05, 0.1) is 13.2 Å². The largest absolute Gasteiger partial charge is 0.493 e. The number of alkyl halides is 1. The van der Waals surface area contributed by atoms with Crippen LogP contribution in [0.4, 0.5) is 0 Å². The van der Waals surface area contributed by atoms with E-state index in [0.717, 1.165) is 73.2 Å². The van der Waals surface area contributed by atoms with Gasteiger partial charge in [0.15, 0.2) is 0 Å². The van der Waals surface area contributed by atoms with Crippen molar-refractivity contribution in [1.82, 2.24) is 0 Å². The monoisotopic (exact) mass is 404 g/mol.